The van der Waals surface area contributed by atoms with E-state index in [2.05, 4.69) is 15.9 Å². The second-order valence-electron chi connectivity index (χ2n) is 4.08. The minimum atomic E-state index is -4.67. The monoisotopic (exact) mass is 409 g/mol. The van der Waals surface area contributed by atoms with Crippen LogP contribution in [-0.4, -0.2) is 32.2 Å². The molecule has 0 aliphatic carbocycles. The van der Waals surface area contributed by atoms with E-state index in [0.717, 1.165) is 11.3 Å². The lowest BCUT2D eigenvalue weighted by Gasteiger charge is -2.19. The topological polar surface area (TPSA) is 83.5 Å². The number of rotatable bonds is 7. The number of halogens is 4. The normalized spacial score (nSPS) is 14.1. The van der Waals surface area contributed by atoms with E-state index < -0.39 is 47.5 Å². The lowest BCUT2D eigenvalue weighted by molar-refractivity contribution is -0.175. The fourth-order valence-electron chi connectivity index (χ4n) is 1.40. The average Bonchev–Trinajstić information content (AvgIpc) is 2.74. The van der Waals surface area contributed by atoms with Crippen molar-refractivity contribution in [3.63, 3.8) is 0 Å². The molecule has 0 spiro atoms. The molecule has 0 amide bonds. The molecule has 0 saturated carbocycles. The quantitative estimate of drug-likeness (QED) is 0.724. The van der Waals surface area contributed by atoms with Crippen LogP contribution >= 0.6 is 27.3 Å². The molecule has 11 heteroatoms. The number of thiophene rings is 1. The highest BCUT2D eigenvalue weighted by Gasteiger charge is 2.40. The number of hydrogen-bond donors (Lipinski definition) is 2. The molecule has 5 nitrogen and oxygen atoms in total. The number of carboxylic acid groups (broad SMARTS) is 1. The molecule has 0 aromatic carbocycles. The summed E-state index contributed by atoms with van der Waals surface area (Å²) in [6.45, 7) is -0.894. The largest absolute Gasteiger partial charge is 0.481 e. The second kappa shape index (κ2) is 7.07. The van der Waals surface area contributed by atoms with Crippen LogP contribution in [-0.2, 0) is 14.8 Å². The fraction of sp³-hybridized carbons (Fsp3) is 0.500. The van der Waals surface area contributed by atoms with Crippen LogP contribution in [0.5, 0.6) is 0 Å². The van der Waals surface area contributed by atoms with Crippen LogP contribution in [0.2, 0.25) is 0 Å². The van der Waals surface area contributed by atoms with Crippen molar-refractivity contribution < 1.29 is 31.5 Å². The number of carboxylic acids is 1. The Hall–Kier alpha value is -0.650. The van der Waals surface area contributed by atoms with E-state index in [0.29, 0.717) is 3.79 Å². The van der Waals surface area contributed by atoms with Gasteiger partial charge >= 0.3 is 12.1 Å². The number of hydrogen-bond acceptors (Lipinski definition) is 4. The van der Waals surface area contributed by atoms with E-state index in [1.54, 1.807) is 0 Å². The molecule has 1 heterocycles. The van der Waals surface area contributed by atoms with Gasteiger partial charge < -0.3 is 5.11 Å². The molecular weight excluding hydrogens is 399 g/mol. The van der Waals surface area contributed by atoms with Crippen molar-refractivity contribution in [2.75, 3.05) is 6.54 Å². The zero-order valence-corrected chi connectivity index (χ0v) is 13.6. The lowest BCUT2D eigenvalue weighted by atomic mass is 10.0. The summed E-state index contributed by atoms with van der Waals surface area (Å²) in [5.41, 5.74) is 0. The Morgan fingerprint density at radius 2 is 2.05 bits per heavy atom. The lowest BCUT2D eigenvalue weighted by Crippen LogP contribution is -2.36. The van der Waals surface area contributed by atoms with E-state index in [1.807, 2.05) is 4.72 Å². The van der Waals surface area contributed by atoms with Crippen molar-refractivity contribution in [2.45, 2.75) is 23.2 Å². The van der Waals surface area contributed by atoms with Gasteiger partial charge in [0.2, 0.25) is 10.0 Å². The van der Waals surface area contributed by atoms with Crippen molar-refractivity contribution in [1.82, 2.24) is 4.72 Å². The molecule has 0 saturated heterocycles. The third-order valence-corrected chi connectivity index (χ3v) is 6.04. The van der Waals surface area contributed by atoms with E-state index in [4.69, 9.17) is 5.11 Å². The van der Waals surface area contributed by atoms with Crippen LogP contribution in [0.1, 0.15) is 12.8 Å². The highest BCUT2D eigenvalue weighted by atomic mass is 79.9. The van der Waals surface area contributed by atoms with Gasteiger partial charge in [0, 0.05) is 13.0 Å². The molecule has 0 fully saturated rings. The Kier molecular flexibility index (Phi) is 6.20. The van der Waals surface area contributed by atoms with Gasteiger partial charge in [-0.05, 0) is 34.5 Å². The zero-order chi connectivity index (χ0) is 16.3. The van der Waals surface area contributed by atoms with E-state index in [-0.39, 0.29) is 4.21 Å². The van der Waals surface area contributed by atoms with Crippen molar-refractivity contribution in [3.05, 3.63) is 15.9 Å². The molecule has 0 unspecified atom stereocenters. The molecule has 0 aliphatic rings. The first kappa shape index (κ1) is 18.4. The number of carbonyl (C=O) groups is 1. The van der Waals surface area contributed by atoms with Crippen molar-refractivity contribution in [1.29, 1.82) is 0 Å². The van der Waals surface area contributed by atoms with E-state index in [1.165, 1.54) is 12.1 Å². The molecule has 21 heavy (non-hydrogen) atoms. The maximum atomic E-state index is 12.7. The maximum Gasteiger partial charge on any atom is 0.393 e. The van der Waals surface area contributed by atoms with Crippen LogP contribution in [0.3, 0.4) is 0 Å². The molecule has 0 radical (unpaired) electrons. The van der Waals surface area contributed by atoms with Gasteiger partial charge in [0.15, 0.2) is 0 Å². The summed E-state index contributed by atoms with van der Waals surface area (Å²) in [5.74, 6) is -3.42. The third-order valence-electron chi connectivity index (χ3n) is 2.50. The summed E-state index contributed by atoms with van der Waals surface area (Å²) in [4.78, 5) is 10.3. The predicted octanol–water partition coefficient (Wildman–Crippen LogP) is 2.83. The molecule has 0 aliphatic heterocycles. The number of alkyl halides is 3. The Morgan fingerprint density at radius 3 is 2.48 bits per heavy atom. The Balaban J connectivity index is 2.74. The summed E-state index contributed by atoms with van der Waals surface area (Å²) in [6, 6.07) is 2.72. The van der Waals surface area contributed by atoms with Crippen molar-refractivity contribution >= 4 is 43.3 Å². The number of aliphatic carboxylic acids is 1. The minimum absolute atomic E-state index is 0.117. The van der Waals surface area contributed by atoms with Gasteiger partial charge in [-0.25, -0.2) is 13.1 Å². The molecule has 1 aromatic heterocycles. The Bertz CT molecular complexity index is 600. The van der Waals surface area contributed by atoms with Gasteiger partial charge in [-0.1, -0.05) is 0 Å². The van der Waals surface area contributed by atoms with Crippen LogP contribution in [0.25, 0.3) is 0 Å². The number of sulfonamides is 1. The molecular formula is C10H11BrF3NO4S2. The van der Waals surface area contributed by atoms with Gasteiger partial charge in [-0.3, -0.25) is 4.79 Å². The fourth-order valence-corrected chi connectivity index (χ4v) is 4.54. The van der Waals surface area contributed by atoms with Crippen LogP contribution in [0, 0.1) is 5.92 Å². The first-order chi connectivity index (χ1) is 9.52. The smallest absolute Gasteiger partial charge is 0.393 e. The first-order valence-corrected chi connectivity index (χ1v) is 8.65. The summed E-state index contributed by atoms with van der Waals surface area (Å²) < 4.78 is 64.1. The van der Waals surface area contributed by atoms with Gasteiger partial charge in [0.25, 0.3) is 0 Å². The maximum absolute atomic E-state index is 12.7. The van der Waals surface area contributed by atoms with Gasteiger partial charge in [-0.15, -0.1) is 11.3 Å². The molecule has 1 rings (SSSR count). The Labute approximate surface area is 131 Å². The molecule has 120 valence electrons. The molecule has 2 N–H and O–H groups in total. The van der Waals surface area contributed by atoms with Crippen molar-refractivity contribution in [2.24, 2.45) is 5.92 Å². The third kappa shape index (κ3) is 5.93. The SMILES string of the molecule is O=C(O)CC[C@@H](CNS(=O)(=O)c1ccc(Br)s1)C(F)(F)F. The van der Waals surface area contributed by atoms with Crippen molar-refractivity contribution in [3.8, 4) is 0 Å². The summed E-state index contributed by atoms with van der Waals surface area (Å²) >= 11 is 3.92. The standard InChI is InChI=1S/C10H11BrF3NO4S2/c11-7-2-4-9(20-7)21(18,19)15-5-6(10(12,13)14)1-3-8(16)17/h2,4,6,15H,1,3,5H2,(H,16,17)/t6-/m0/s1. The van der Waals surface area contributed by atoms with Gasteiger partial charge in [0.1, 0.15) is 4.21 Å². The Morgan fingerprint density at radius 1 is 1.43 bits per heavy atom. The summed E-state index contributed by atoms with van der Waals surface area (Å²) in [7, 11) is -4.04. The summed E-state index contributed by atoms with van der Waals surface area (Å²) in [5, 5.41) is 8.43. The minimum Gasteiger partial charge on any atom is -0.481 e. The first-order valence-electron chi connectivity index (χ1n) is 5.56. The van der Waals surface area contributed by atoms with Crippen LogP contribution in [0.15, 0.2) is 20.1 Å². The van der Waals surface area contributed by atoms with Crippen LogP contribution < -0.4 is 4.72 Å². The second-order valence-corrected chi connectivity index (χ2v) is 8.54. The average molecular weight is 410 g/mol. The highest BCUT2D eigenvalue weighted by Crippen LogP contribution is 2.30. The van der Waals surface area contributed by atoms with Gasteiger partial charge in [-0.2, -0.15) is 13.2 Å². The highest BCUT2D eigenvalue weighted by molar-refractivity contribution is 9.11. The molecule has 1 aromatic rings. The van der Waals surface area contributed by atoms with Crippen LogP contribution in [0.4, 0.5) is 13.2 Å². The predicted molar refractivity (Wildman–Crippen MR) is 73.6 cm³/mol. The molecule has 0 bridgehead atoms. The number of nitrogens with one attached hydrogen (secondary N) is 1. The zero-order valence-electron chi connectivity index (χ0n) is 10.4. The van der Waals surface area contributed by atoms with E-state index in [9.17, 15) is 26.4 Å². The van der Waals surface area contributed by atoms with Gasteiger partial charge in [0.05, 0.1) is 9.70 Å². The molecule has 1 atom stereocenters. The summed E-state index contributed by atoms with van der Waals surface area (Å²) in [6.07, 6.45) is -6.04. The van der Waals surface area contributed by atoms with E-state index >= 15 is 0 Å².